The molecule has 0 heterocycles. The van der Waals surface area contributed by atoms with E-state index in [9.17, 15) is 4.79 Å². The maximum absolute atomic E-state index is 11.3. The standard InChI is InChI=1S/C18H37NO6/c1-4-5-6-7-18(20)25-17-16-24-15-14-23-13-12-22-11-10-21-9-8-19(2)3/h4-17H2,1-3H3. The largest absolute Gasteiger partial charge is 0.463 e. The first-order chi connectivity index (χ1) is 12.2. The van der Waals surface area contributed by atoms with E-state index in [1.807, 2.05) is 14.1 Å². The Hall–Kier alpha value is -0.730. The van der Waals surface area contributed by atoms with Crippen molar-refractivity contribution < 1.29 is 28.5 Å². The second kappa shape index (κ2) is 19.6. The third-order valence-electron chi connectivity index (χ3n) is 3.27. The van der Waals surface area contributed by atoms with Gasteiger partial charge in [0.15, 0.2) is 0 Å². The highest BCUT2D eigenvalue weighted by Crippen LogP contribution is 2.00. The number of carbonyl (C=O) groups excluding carboxylic acids is 1. The molecule has 0 atom stereocenters. The van der Waals surface area contributed by atoms with Gasteiger partial charge in [-0.1, -0.05) is 19.8 Å². The van der Waals surface area contributed by atoms with Crippen LogP contribution in [0.4, 0.5) is 0 Å². The lowest BCUT2D eigenvalue weighted by Gasteiger charge is -2.10. The summed E-state index contributed by atoms with van der Waals surface area (Å²) >= 11 is 0. The van der Waals surface area contributed by atoms with Crippen molar-refractivity contribution >= 4 is 5.97 Å². The number of hydrogen-bond donors (Lipinski definition) is 0. The van der Waals surface area contributed by atoms with Crippen LogP contribution in [0.1, 0.15) is 32.6 Å². The van der Waals surface area contributed by atoms with Crippen molar-refractivity contribution in [1.82, 2.24) is 4.90 Å². The minimum atomic E-state index is -0.142. The number of likely N-dealkylation sites (N-methyl/N-ethyl adjacent to an activating group) is 1. The van der Waals surface area contributed by atoms with E-state index >= 15 is 0 Å². The molecule has 150 valence electrons. The molecule has 0 N–H and O–H groups in total. The monoisotopic (exact) mass is 363 g/mol. The molecule has 0 aromatic rings. The highest BCUT2D eigenvalue weighted by molar-refractivity contribution is 5.69. The van der Waals surface area contributed by atoms with E-state index < -0.39 is 0 Å². The van der Waals surface area contributed by atoms with E-state index in [0.29, 0.717) is 59.3 Å². The molecule has 0 aliphatic carbocycles. The predicted octanol–water partition coefficient (Wildman–Crippen LogP) is 1.74. The second-order valence-corrected chi connectivity index (χ2v) is 5.93. The van der Waals surface area contributed by atoms with Crippen LogP contribution in [0, 0.1) is 0 Å². The Morgan fingerprint density at radius 2 is 1.20 bits per heavy atom. The molecule has 0 aliphatic heterocycles. The van der Waals surface area contributed by atoms with Gasteiger partial charge in [-0.3, -0.25) is 4.79 Å². The Kier molecular flexibility index (Phi) is 19.0. The first-order valence-corrected chi connectivity index (χ1v) is 9.28. The summed E-state index contributed by atoms with van der Waals surface area (Å²) in [6.45, 7) is 7.72. The summed E-state index contributed by atoms with van der Waals surface area (Å²) in [6.07, 6.45) is 3.56. The second-order valence-electron chi connectivity index (χ2n) is 5.93. The van der Waals surface area contributed by atoms with Crippen LogP contribution in [-0.4, -0.2) is 91.0 Å². The van der Waals surface area contributed by atoms with Gasteiger partial charge in [0.25, 0.3) is 0 Å². The normalized spacial score (nSPS) is 11.2. The van der Waals surface area contributed by atoms with Gasteiger partial charge in [0.05, 0.1) is 52.9 Å². The van der Waals surface area contributed by atoms with Crippen LogP contribution in [0.15, 0.2) is 0 Å². The van der Waals surface area contributed by atoms with E-state index in [1.54, 1.807) is 0 Å². The molecule has 7 heteroatoms. The Bertz CT molecular complexity index is 289. The van der Waals surface area contributed by atoms with Gasteiger partial charge in [0, 0.05) is 13.0 Å². The Balaban J connectivity index is 3.08. The Morgan fingerprint density at radius 3 is 1.68 bits per heavy atom. The summed E-state index contributed by atoms with van der Waals surface area (Å²) in [5, 5.41) is 0. The first kappa shape index (κ1) is 24.3. The van der Waals surface area contributed by atoms with Crippen molar-refractivity contribution in [1.29, 1.82) is 0 Å². The lowest BCUT2D eigenvalue weighted by molar-refractivity contribution is -0.145. The number of hydrogen-bond acceptors (Lipinski definition) is 7. The molecule has 0 bridgehead atoms. The summed E-state index contributed by atoms with van der Waals surface area (Å²) in [5.41, 5.74) is 0. The van der Waals surface area contributed by atoms with Gasteiger partial charge in [-0.25, -0.2) is 0 Å². The molecule has 0 aromatic carbocycles. The summed E-state index contributed by atoms with van der Waals surface area (Å²) in [6, 6.07) is 0. The maximum atomic E-state index is 11.3. The van der Waals surface area contributed by atoms with Crippen LogP contribution in [0.3, 0.4) is 0 Å². The predicted molar refractivity (Wildman–Crippen MR) is 96.9 cm³/mol. The molecule has 0 aromatic heterocycles. The lowest BCUT2D eigenvalue weighted by Crippen LogP contribution is -2.19. The minimum Gasteiger partial charge on any atom is -0.463 e. The number of rotatable bonds is 19. The molecule has 0 aliphatic rings. The molecule has 0 unspecified atom stereocenters. The lowest BCUT2D eigenvalue weighted by atomic mass is 10.2. The molecule has 25 heavy (non-hydrogen) atoms. The summed E-state index contributed by atoms with van der Waals surface area (Å²) < 4.78 is 26.6. The molecule has 0 saturated heterocycles. The molecule has 0 saturated carbocycles. The van der Waals surface area contributed by atoms with Crippen molar-refractivity contribution in [2.45, 2.75) is 32.6 Å². The van der Waals surface area contributed by atoms with Crippen molar-refractivity contribution in [3.05, 3.63) is 0 Å². The average molecular weight is 363 g/mol. The smallest absolute Gasteiger partial charge is 0.305 e. The van der Waals surface area contributed by atoms with Crippen molar-refractivity contribution in [3.63, 3.8) is 0 Å². The molecule has 0 radical (unpaired) electrons. The minimum absolute atomic E-state index is 0.142. The van der Waals surface area contributed by atoms with Gasteiger partial charge >= 0.3 is 5.97 Å². The molecule has 0 rings (SSSR count). The van der Waals surface area contributed by atoms with E-state index in [2.05, 4.69) is 11.8 Å². The Morgan fingerprint density at radius 1 is 0.720 bits per heavy atom. The summed E-state index contributed by atoms with van der Waals surface area (Å²) in [7, 11) is 4.03. The van der Waals surface area contributed by atoms with Gasteiger partial charge < -0.3 is 28.6 Å². The Labute approximate surface area is 152 Å². The molecular formula is C18H37NO6. The highest BCUT2D eigenvalue weighted by Gasteiger charge is 2.01. The van der Waals surface area contributed by atoms with E-state index in [1.165, 1.54) is 0 Å². The topological polar surface area (TPSA) is 66.5 Å². The van der Waals surface area contributed by atoms with Gasteiger partial charge in [0.2, 0.25) is 0 Å². The first-order valence-electron chi connectivity index (χ1n) is 9.28. The zero-order valence-corrected chi connectivity index (χ0v) is 16.3. The summed E-state index contributed by atoms with van der Waals surface area (Å²) in [4.78, 5) is 13.4. The number of ether oxygens (including phenoxy) is 5. The van der Waals surface area contributed by atoms with E-state index in [4.69, 9.17) is 23.7 Å². The number of nitrogens with zero attached hydrogens (tertiary/aromatic N) is 1. The van der Waals surface area contributed by atoms with Crippen molar-refractivity contribution in [3.8, 4) is 0 Å². The molecular weight excluding hydrogens is 326 g/mol. The average Bonchev–Trinajstić information content (AvgIpc) is 2.58. The number of esters is 1. The fourth-order valence-corrected chi connectivity index (χ4v) is 1.81. The van der Waals surface area contributed by atoms with Gasteiger partial charge in [-0.15, -0.1) is 0 Å². The SMILES string of the molecule is CCCCCC(=O)OCCOCCOCCOCCOCCN(C)C. The zero-order valence-electron chi connectivity index (χ0n) is 16.3. The quantitative estimate of drug-likeness (QED) is 0.256. The van der Waals surface area contributed by atoms with E-state index in [0.717, 1.165) is 32.4 Å². The number of carbonyl (C=O) groups is 1. The third kappa shape index (κ3) is 21.2. The fraction of sp³-hybridized carbons (Fsp3) is 0.944. The van der Waals surface area contributed by atoms with Crippen molar-refractivity contribution in [2.24, 2.45) is 0 Å². The molecule has 0 fully saturated rings. The van der Waals surface area contributed by atoms with Crippen LogP contribution in [-0.2, 0) is 28.5 Å². The van der Waals surface area contributed by atoms with Crippen LogP contribution in [0.2, 0.25) is 0 Å². The molecule has 7 nitrogen and oxygen atoms in total. The van der Waals surface area contributed by atoms with Crippen LogP contribution >= 0.6 is 0 Å². The zero-order chi connectivity index (χ0) is 18.6. The van der Waals surface area contributed by atoms with E-state index in [-0.39, 0.29) is 5.97 Å². The summed E-state index contributed by atoms with van der Waals surface area (Å²) in [5.74, 6) is -0.142. The van der Waals surface area contributed by atoms with Gasteiger partial charge in [0.1, 0.15) is 6.61 Å². The third-order valence-corrected chi connectivity index (χ3v) is 3.27. The van der Waals surface area contributed by atoms with Crippen LogP contribution in [0.5, 0.6) is 0 Å². The van der Waals surface area contributed by atoms with Crippen LogP contribution in [0.25, 0.3) is 0 Å². The van der Waals surface area contributed by atoms with Crippen LogP contribution < -0.4 is 0 Å². The molecule has 0 amide bonds. The van der Waals surface area contributed by atoms with Gasteiger partial charge in [-0.05, 0) is 20.5 Å². The molecule has 0 spiro atoms. The van der Waals surface area contributed by atoms with Gasteiger partial charge in [-0.2, -0.15) is 0 Å². The number of unbranched alkanes of at least 4 members (excludes halogenated alkanes) is 2. The van der Waals surface area contributed by atoms with Crippen molar-refractivity contribution in [2.75, 3.05) is 80.1 Å². The fourth-order valence-electron chi connectivity index (χ4n) is 1.81. The highest BCUT2D eigenvalue weighted by atomic mass is 16.6. The maximum Gasteiger partial charge on any atom is 0.305 e.